The molecule has 0 amide bonds. The van der Waals surface area contributed by atoms with Gasteiger partial charge in [-0.2, -0.15) is 6.07 Å². The molecule has 1 radical (unpaired) electrons. The zero-order valence-electron chi connectivity index (χ0n) is 17.6. The van der Waals surface area contributed by atoms with Crippen LogP contribution in [0.2, 0.25) is 0 Å². The number of halogens is 2. The van der Waals surface area contributed by atoms with Crippen LogP contribution in [0.3, 0.4) is 0 Å². The van der Waals surface area contributed by atoms with Gasteiger partial charge in [-0.3, -0.25) is 0 Å². The van der Waals surface area contributed by atoms with Crippen molar-refractivity contribution in [3.63, 3.8) is 0 Å². The summed E-state index contributed by atoms with van der Waals surface area (Å²) in [6, 6.07) is 21.3. The molecular weight excluding hydrogens is 486 g/mol. The predicted molar refractivity (Wildman–Crippen MR) is 114 cm³/mol. The van der Waals surface area contributed by atoms with E-state index in [-0.39, 0.29) is 51.0 Å². The molecule has 0 saturated heterocycles. The molecule has 3 aromatic carbocycles. The van der Waals surface area contributed by atoms with Crippen molar-refractivity contribution in [1.82, 2.24) is 0 Å². The largest absolute Gasteiger partial charge is 3.00 e. The van der Waals surface area contributed by atoms with Crippen LogP contribution in [0.4, 0.5) is 0 Å². The Hall–Kier alpha value is -0.487. The molecule has 0 unspecified atom stereocenters. The van der Waals surface area contributed by atoms with Crippen LogP contribution in [0.5, 0.6) is 0 Å². The molecule has 0 heterocycles. The summed E-state index contributed by atoms with van der Waals surface area (Å²) in [5, 5.41) is 2.80. The molecule has 0 aliphatic heterocycles. The Morgan fingerprint density at radius 2 is 1.47 bits per heavy atom. The maximum atomic E-state index is 2.48. The minimum Gasteiger partial charge on any atom is -1.00 e. The topological polar surface area (TPSA) is 0 Å². The molecular formula is C27H29Cl2Zr. The van der Waals surface area contributed by atoms with Gasteiger partial charge in [-0.15, -0.1) is 34.5 Å². The summed E-state index contributed by atoms with van der Waals surface area (Å²) in [4.78, 5) is 0. The third-order valence-corrected chi connectivity index (χ3v) is 8.07. The monoisotopic (exact) mass is 513 g/mol. The zero-order chi connectivity index (χ0) is 18.0. The quantitative estimate of drug-likeness (QED) is 0.461. The first-order valence-corrected chi connectivity index (χ1v) is 11.0. The van der Waals surface area contributed by atoms with Gasteiger partial charge in [0.15, 0.2) is 0 Å². The van der Waals surface area contributed by atoms with E-state index in [0.29, 0.717) is 5.41 Å². The first kappa shape index (κ1) is 24.2. The third-order valence-electron chi connectivity index (χ3n) is 8.07. The summed E-state index contributed by atoms with van der Waals surface area (Å²) in [6.07, 6.45) is 10.0. The number of hydrogen-bond donors (Lipinski definition) is 0. The van der Waals surface area contributed by atoms with Crippen molar-refractivity contribution in [2.45, 2.75) is 57.3 Å². The van der Waals surface area contributed by atoms with Gasteiger partial charge in [-0.05, 0) is 79.2 Å². The minimum absolute atomic E-state index is 0. The minimum atomic E-state index is 0. The predicted octanol–water partition coefficient (Wildman–Crippen LogP) is 1.26. The van der Waals surface area contributed by atoms with Crippen molar-refractivity contribution in [2.75, 3.05) is 0 Å². The standard InChI is InChI=1S/C27H29.2ClH.Zr/c1-2-18-13-23-4-3-5-25(26(23)14-18)22-6-8-24(9-7-22)27-15-19-10-20(16-27)12-21(11-19)17-27;;;/h3-9,13-14,19-21H,2,10-12,15-17H2,1H3;2*1H;/q-1;;;+3/p-2. The molecule has 3 aromatic rings. The number of hydrogen-bond acceptors (Lipinski definition) is 0. The molecule has 3 heteroatoms. The Morgan fingerprint density at radius 1 is 0.867 bits per heavy atom. The van der Waals surface area contributed by atoms with Crippen LogP contribution in [0.25, 0.3) is 21.9 Å². The number of fused-ring (bicyclic) bond motifs is 1. The second kappa shape index (κ2) is 9.17. The van der Waals surface area contributed by atoms with E-state index < -0.39 is 0 Å². The van der Waals surface area contributed by atoms with Gasteiger partial charge >= 0.3 is 26.2 Å². The first-order chi connectivity index (χ1) is 13.2. The fraction of sp³-hybridized carbons (Fsp3) is 0.444. The molecule has 0 aromatic heterocycles. The van der Waals surface area contributed by atoms with Crippen LogP contribution in [-0.2, 0) is 38.0 Å². The second-order valence-corrected chi connectivity index (χ2v) is 9.80. The molecule has 4 aliphatic rings. The van der Waals surface area contributed by atoms with Crippen LogP contribution in [-0.4, -0.2) is 0 Å². The van der Waals surface area contributed by atoms with Crippen LogP contribution in [0.15, 0.2) is 54.6 Å². The van der Waals surface area contributed by atoms with Crippen LogP contribution >= 0.6 is 0 Å². The van der Waals surface area contributed by atoms with E-state index in [1.807, 2.05) is 0 Å². The van der Waals surface area contributed by atoms with E-state index >= 15 is 0 Å². The van der Waals surface area contributed by atoms with Gasteiger partial charge in [-0.25, -0.2) is 0 Å². The summed E-state index contributed by atoms with van der Waals surface area (Å²) in [5.41, 5.74) is 6.36. The normalized spacial score (nSPS) is 28.5. The molecule has 0 spiro atoms. The molecule has 0 N–H and O–H groups in total. The number of aryl methyl sites for hydroxylation is 1. The molecule has 4 bridgehead atoms. The Kier molecular flexibility index (Phi) is 7.39. The van der Waals surface area contributed by atoms with E-state index in [2.05, 4.69) is 61.5 Å². The SMILES string of the molecule is CCc1cc2c(-c3ccc(C45CC6CC(CC(C6)C4)C5)cc3)cccc2[cH-]1.[Cl-].[Cl-].[Zr+3]. The van der Waals surface area contributed by atoms with Crippen molar-refractivity contribution in [3.05, 3.63) is 65.7 Å². The average molecular weight is 516 g/mol. The van der Waals surface area contributed by atoms with Gasteiger partial charge in [0.2, 0.25) is 0 Å². The Morgan fingerprint density at radius 3 is 2.03 bits per heavy atom. The molecule has 7 rings (SSSR count). The van der Waals surface area contributed by atoms with Crippen LogP contribution in [0.1, 0.15) is 56.6 Å². The van der Waals surface area contributed by atoms with E-state index in [1.54, 1.807) is 5.56 Å². The van der Waals surface area contributed by atoms with Gasteiger partial charge in [0, 0.05) is 0 Å². The van der Waals surface area contributed by atoms with Gasteiger partial charge < -0.3 is 24.8 Å². The molecule has 4 aliphatic carbocycles. The average Bonchev–Trinajstić information content (AvgIpc) is 3.10. The molecule has 155 valence electrons. The third kappa shape index (κ3) is 3.89. The summed E-state index contributed by atoms with van der Waals surface area (Å²) in [7, 11) is 0. The maximum Gasteiger partial charge on any atom is 3.00 e. The number of benzene rings is 2. The molecule has 4 fully saturated rings. The number of rotatable bonds is 3. The van der Waals surface area contributed by atoms with Gasteiger partial charge in [0.25, 0.3) is 0 Å². The fourth-order valence-electron chi connectivity index (χ4n) is 7.22. The summed E-state index contributed by atoms with van der Waals surface area (Å²) in [5.74, 6) is 3.05. The van der Waals surface area contributed by atoms with Crippen molar-refractivity contribution in [3.8, 4) is 11.1 Å². The Labute approximate surface area is 212 Å². The van der Waals surface area contributed by atoms with E-state index in [4.69, 9.17) is 0 Å². The Bertz CT molecular complexity index is 966. The van der Waals surface area contributed by atoms with E-state index in [9.17, 15) is 0 Å². The summed E-state index contributed by atoms with van der Waals surface area (Å²) < 4.78 is 0. The van der Waals surface area contributed by atoms with Crippen LogP contribution < -0.4 is 24.8 Å². The second-order valence-electron chi connectivity index (χ2n) is 9.80. The smallest absolute Gasteiger partial charge is 1.00 e. The molecule has 30 heavy (non-hydrogen) atoms. The first-order valence-electron chi connectivity index (χ1n) is 11.0. The maximum absolute atomic E-state index is 2.48. The van der Waals surface area contributed by atoms with E-state index in [1.165, 1.54) is 66.0 Å². The Balaban J connectivity index is 0.000000853. The summed E-state index contributed by atoms with van der Waals surface area (Å²) in [6.45, 7) is 2.24. The zero-order valence-corrected chi connectivity index (χ0v) is 21.6. The van der Waals surface area contributed by atoms with Crippen molar-refractivity contribution >= 4 is 10.8 Å². The molecule has 0 atom stereocenters. The van der Waals surface area contributed by atoms with Crippen molar-refractivity contribution in [2.24, 2.45) is 17.8 Å². The fourth-order valence-corrected chi connectivity index (χ4v) is 7.22. The van der Waals surface area contributed by atoms with Crippen molar-refractivity contribution < 1.29 is 51.0 Å². The summed E-state index contributed by atoms with van der Waals surface area (Å²) >= 11 is 0. The molecule has 4 saturated carbocycles. The van der Waals surface area contributed by atoms with Crippen LogP contribution in [0, 0.1) is 17.8 Å². The van der Waals surface area contributed by atoms with Gasteiger partial charge in [0.1, 0.15) is 0 Å². The van der Waals surface area contributed by atoms with E-state index in [0.717, 1.165) is 24.2 Å². The van der Waals surface area contributed by atoms with Gasteiger partial charge in [-0.1, -0.05) is 42.8 Å². The van der Waals surface area contributed by atoms with Gasteiger partial charge in [0.05, 0.1) is 0 Å². The molecule has 0 nitrogen and oxygen atoms in total. The van der Waals surface area contributed by atoms with Crippen molar-refractivity contribution in [1.29, 1.82) is 0 Å².